The van der Waals surface area contributed by atoms with Gasteiger partial charge >= 0.3 is 0 Å². The Morgan fingerprint density at radius 2 is 2.32 bits per heavy atom. The number of nitrogens with zero attached hydrogens (tertiary/aromatic N) is 2. The molecule has 1 aromatic carbocycles. The first kappa shape index (κ1) is 13.7. The van der Waals surface area contributed by atoms with Gasteiger partial charge in [0.25, 0.3) is 0 Å². The quantitative estimate of drug-likeness (QED) is 0.938. The molecule has 0 unspecified atom stereocenters. The molecule has 19 heavy (non-hydrogen) atoms. The van der Waals surface area contributed by atoms with Crippen LogP contribution >= 0.6 is 15.9 Å². The summed E-state index contributed by atoms with van der Waals surface area (Å²) in [7, 11) is 0. The largest absolute Gasteiger partial charge is 0.350 e. The summed E-state index contributed by atoms with van der Waals surface area (Å²) in [4.78, 5) is 11.7. The number of nitrogens with one attached hydrogen (secondary N) is 1. The van der Waals surface area contributed by atoms with E-state index < -0.39 is 0 Å². The number of amides is 1. The van der Waals surface area contributed by atoms with Crippen molar-refractivity contribution in [2.45, 2.75) is 20.0 Å². The van der Waals surface area contributed by atoms with E-state index >= 15 is 0 Å². The first-order valence-corrected chi connectivity index (χ1v) is 6.53. The summed E-state index contributed by atoms with van der Waals surface area (Å²) < 4.78 is 15.7. The van der Waals surface area contributed by atoms with E-state index in [2.05, 4.69) is 26.3 Å². The van der Waals surface area contributed by atoms with Crippen LogP contribution in [-0.2, 0) is 17.9 Å². The lowest BCUT2D eigenvalue weighted by Crippen LogP contribution is -2.27. The summed E-state index contributed by atoms with van der Waals surface area (Å²) in [5.41, 5.74) is 1.33. The molecule has 6 heteroatoms. The molecule has 0 radical (unpaired) electrons. The monoisotopic (exact) mass is 325 g/mol. The van der Waals surface area contributed by atoms with E-state index in [0.29, 0.717) is 12.1 Å². The highest BCUT2D eigenvalue weighted by Gasteiger charge is 2.05. The van der Waals surface area contributed by atoms with E-state index in [0.717, 1.165) is 10.0 Å². The number of aryl methyl sites for hydroxylation is 1. The molecule has 0 aliphatic carbocycles. The van der Waals surface area contributed by atoms with Crippen LogP contribution in [0.1, 0.15) is 11.1 Å². The lowest BCUT2D eigenvalue weighted by molar-refractivity contribution is -0.122. The smallest absolute Gasteiger partial charge is 0.241 e. The minimum absolute atomic E-state index is 0.139. The van der Waals surface area contributed by atoms with Gasteiger partial charge in [-0.3, -0.25) is 9.48 Å². The minimum Gasteiger partial charge on any atom is -0.350 e. The highest BCUT2D eigenvalue weighted by Crippen LogP contribution is 2.09. The Kier molecular flexibility index (Phi) is 4.31. The van der Waals surface area contributed by atoms with Gasteiger partial charge in [0.05, 0.1) is 10.7 Å². The standard InChI is InChI=1S/C13H13BrFN3O/c1-9-2-3-10(4-12(9)15)5-16-13(19)8-18-7-11(14)6-17-18/h2-4,6-7H,5,8H2,1H3,(H,16,19). The van der Waals surface area contributed by atoms with Crippen molar-refractivity contribution in [3.63, 3.8) is 0 Å². The van der Waals surface area contributed by atoms with Crippen molar-refractivity contribution in [1.29, 1.82) is 0 Å². The lowest BCUT2D eigenvalue weighted by Gasteiger charge is -2.06. The number of halogens is 2. The van der Waals surface area contributed by atoms with Crippen molar-refractivity contribution < 1.29 is 9.18 Å². The van der Waals surface area contributed by atoms with Crippen molar-refractivity contribution in [3.8, 4) is 0 Å². The second-order valence-corrected chi connectivity index (χ2v) is 5.13. The maximum atomic E-state index is 13.3. The SMILES string of the molecule is Cc1ccc(CNC(=O)Cn2cc(Br)cn2)cc1F. The average molecular weight is 326 g/mol. The molecule has 0 saturated heterocycles. The van der Waals surface area contributed by atoms with Crippen molar-refractivity contribution in [1.82, 2.24) is 15.1 Å². The Hall–Kier alpha value is -1.69. The summed E-state index contributed by atoms with van der Waals surface area (Å²) in [6.45, 7) is 2.14. The van der Waals surface area contributed by atoms with E-state index in [9.17, 15) is 9.18 Å². The fourth-order valence-corrected chi connectivity index (χ4v) is 1.90. The minimum atomic E-state index is -0.261. The zero-order valence-electron chi connectivity index (χ0n) is 10.4. The molecular weight excluding hydrogens is 313 g/mol. The third-order valence-electron chi connectivity index (χ3n) is 2.63. The molecule has 4 nitrogen and oxygen atoms in total. The Bertz CT molecular complexity index is 597. The van der Waals surface area contributed by atoms with E-state index in [1.807, 2.05) is 0 Å². The van der Waals surface area contributed by atoms with Gasteiger partial charge in [0.1, 0.15) is 12.4 Å². The van der Waals surface area contributed by atoms with E-state index in [-0.39, 0.29) is 18.3 Å². The second kappa shape index (κ2) is 5.97. The second-order valence-electron chi connectivity index (χ2n) is 4.22. The highest BCUT2D eigenvalue weighted by atomic mass is 79.9. The van der Waals surface area contributed by atoms with Crippen LogP contribution in [0, 0.1) is 12.7 Å². The van der Waals surface area contributed by atoms with Crippen LogP contribution in [-0.4, -0.2) is 15.7 Å². The zero-order valence-corrected chi connectivity index (χ0v) is 11.9. The Labute approximate surface area is 118 Å². The summed E-state index contributed by atoms with van der Waals surface area (Å²) in [5.74, 6) is -0.431. The number of aromatic nitrogens is 2. The third-order valence-corrected chi connectivity index (χ3v) is 3.04. The predicted octanol–water partition coefficient (Wildman–Crippen LogP) is 2.41. The van der Waals surface area contributed by atoms with Gasteiger partial charge in [-0.25, -0.2) is 4.39 Å². The van der Waals surface area contributed by atoms with Gasteiger partial charge in [0.15, 0.2) is 0 Å². The zero-order chi connectivity index (χ0) is 13.8. The van der Waals surface area contributed by atoms with E-state index in [1.54, 1.807) is 31.5 Å². The van der Waals surface area contributed by atoms with Gasteiger partial charge in [-0.2, -0.15) is 5.10 Å². The molecule has 1 N–H and O–H groups in total. The first-order valence-electron chi connectivity index (χ1n) is 5.74. The van der Waals surface area contributed by atoms with E-state index in [4.69, 9.17) is 0 Å². The van der Waals surface area contributed by atoms with Crippen LogP contribution in [0.25, 0.3) is 0 Å². The molecule has 2 aromatic rings. The molecular formula is C13H13BrFN3O. The van der Waals surface area contributed by atoms with Crippen LogP contribution in [0.2, 0.25) is 0 Å². The molecule has 1 heterocycles. The van der Waals surface area contributed by atoms with Crippen LogP contribution in [0.3, 0.4) is 0 Å². The predicted molar refractivity (Wildman–Crippen MR) is 72.9 cm³/mol. The molecule has 0 bridgehead atoms. The number of hydrogen-bond donors (Lipinski definition) is 1. The molecule has 0 aliphatic rings. The summed E-state index contributed by atoms with van der Waals surface area (Å²) in [6.07, 6.45) is 3.33. The Balaban J connectivity index is 1.88. The van der Waals surface area contributed by atoms with Gasteiger partial charge < -0.3 is 5.32 Å². The molecule has 0 atom stereocenters. The fraction of sp³-hybridized carbons (Fsp3) is 0.231. The van der Waals surface area contributed by atoms with Crippen molar-refractivity contribution in [2.75, 3.05) is 0 Å². The molecule has 0 saturated carbocycles. The number of carbonyl (C=O) groups excluding carboxylic acids is 1. The number of benzene rings is 1. The maximum Gasteiger partial charge on any atom is 0.241 e. The van der Waals surface area contributed by atoms with Gasteiger partial charge in [0, 0.05) is 12.7 Å². The molecule has 0 fully saturated rings. The van der Waals surface area contributed by atoms with E-state index in [1.165, 1.54) is 10.7 Å². The molecule has 0 aliphatic heterocycles. The van der Waals surface area contributed by atoms with Crippen LogP contribution in [0.4, 0.5) is 4.39 Å². The highest BCUT2D eigenvalue weighted by molar-refractivity contribution is 9.10. The Morgan fingerprint density at radius 3 is 2.95 bits per heavy atom. The fourth-order valence-electron chi connectivity index (χ4n) is 1.57. The molecule has 1 amide bonds. The summed E-state index contributed by atoms with van der Waals surface area (Å²) in [5, 5.41) is 6.71. The maximum absolute atomic E-state index is 13.3. The molecule has 2 rings (SSSR count). The van der Waals surface area contributed by atoms with Crippen LogP contribution in [0.15, 0.2) is 35.1 Å². The average Bonchev–Trinajstić information content (AvgIpc) is 2.76. The van der Waals surface area contributed by atoms with Crippen molar-refractivity contribution in [2.24, 2.45) is 0 Å². The summed E-state index contributed by atoms with van der Waals surface area (Å²) in [6, 6.07) is 4.92. The van der Waals surface area contributed by atoms with Crippen molar-refractivity contribution >= 4 is 21.8 Å². The molecule has 100 valence electrons. The van der Waals surface area contributed by atoms with Gasteiger partial charge in [-0.05, 0) is 40.0 Å². The first-order chi connectivity index (χ1) is 9.04. The third kappa shape index (κ3) is 3.89. The normalized spacial score (nSPS) is 10.5. The van der Waals surface area contributed by atoms with Crippen molar-refractivity contribution in [3.05, 3.63) is 52.0 Å². The van der Waals surface area contributed by atoms with Gasteiger partial charge in [-0.15, -0.1) is 0 Å². The molecule has 0 spiro atoms. The van der Waals surface area contributed by atoms with Crippen LogP contribution in [0.5, 0.6) is 0 Å². The topological polar surface area (TPSA) is 46.9 Å². The Morgan fingerprint density at radius 1 is 1.53 bits per heavy atom. The van der Waals surface area contributed by atoms with Gasteiger partial charge in [0.2, 0.25) is 5.91 Å². The van der Waals surface area contributed by atoms with Gasteiger partial charge in [-0.1, -0.05) is 12.1 Å². The number of carbonyl (C=O) groups is 1. The molecule has 1 aromatic heterocycles. The number of rotatable bonds is 4. The number of hydrogen-bond acceptors (Lipinski definition) is 2. The summed E-state index contributed by atoms with van der Waals surface area (Å²) >= 11 is 3.26. The van der Waals surface area contributed by atoms with Crippen LogP contribution < -0.4 is 5.32 Å². The lowest BCUT2D eigenvalue weighted by atomic mass is 10.1.